The molecule has 1 unspecified atom stereocenters. The molecule has 4 heteroatoms. The zero-order chi connectivity index (χ0) is 14.3. The molecule has 0 heterocycles. The lowest BCUT2D eigenvalue weighted by molar-refractivity contribution is -0.133. The molecular formula is C15H21N3O. The predicted octanol–water partition coefficient (Wildman–Crippen LogP) is 1.90. The van der Waals surface area contributed by atoms with Crippen molar-refractivity contribution in [2.45, 2.75) is 32.9 Å². The molecule has 102 valence electrons. The topological polar surface area (TPSA) is 56.1 Å². The average Bonchev–Trinajstić information content (AvgIpc) is 2.46. The third-order valence-electron chi connectivity index (χ3n) is 3.07. The molecule has 4 nitrogen and oxygen atoms in total. The standard InChI is InChI=1S/C15H21N3O/c1-4-9-18(15(19)12(2)17-3)11-14-7-5-13(10-16)6-8-14/h5-8,12,17H,4,9,11H2,1-3H3. The first-order chi connectivity index (χ1) is 9.12. The summed E-state index contributed by atoms with van der Waals surface area (Å²) >= 11 is 0. The molecule has 0 aliphatic carbocycles. The van der Waals surface area contributed by atoms with Crippen molar-refractivity contribution in [3.63, 3.8) is 0 Å². The van der Waals surface area contributed by atoms with Gasteiger partial charge in [0.05, 0.1) is 17.7 Å². The molecule has 0 aromatic heterocycles. The number of likely N-dealkylation sites (N-methyl/N-ethyl adjacent to an activating group) is 1. The van der Waals surface area contributed by atoms with E-state index in [1.807, 2.05) is 24.0 Å². The Morgan fingerprint density at radius 3 is 2.53 bits per heavy atom. The smallest absolute Gasteiger partial charge is 0.239 e. The number of amides is 1. The SMILES string of the molecule is CCCN(Cc1ccc(C#N)cc1)C(=O)C(C)NC. The van der Waals surface area contributed by atoms with E-state index in [1.54, 1.807) is 19.2 Å². The normalized spacial score (nSPS) is 11.7. The summed E-state index contributed by atoms with van der Waals surface area (Å²) in [4.78, 5) is 14.1. The molecule has 1 aromatic carbocycles. The van der Waals surface area contributed by atoms with Crippen molar-refractivity contribution in [3.8, 4) is 6.07 Å². The Kier molecular flexibility index (Phi) is 6.04. The van der Waals surface area contributed by atoms with Gasteiger partial charge in [0.2, 0.25) is 5.91 Å². The van der Waals surface area contributed by atoms with Crippen molar-refractivity contribution in [2.75, 3.05) is 13.6 Å². The van der Waals surface area contributed by atoms with E-state index < -0.39 is 0 Å². The molecule has 1 aromatic rings. The number of nitriles is 1. The maximum Gasteiger partial charge on any atom is 0.239 e. The molecule has 1 rings (SSSR count). The second-order valence-corrected chi connectivity index (χ2v) is 4.58. The van der Waals surface area contributed by atoms with Crippen molar-refractivity contribution >= 4 is 5.91 Å². The fourth-order valence-corrected chi connectivity index (χ4v) is 1.84. The zero-order valence-corrected chi connectivity index (χ0v) is 11.8. The summed E-state index contributed by atoms with van der Waals surface area (Å²) in [5, 5.41) is 11.7. The van der Waals surface area contributed by atoms with Crippen LogP contribution in [0.25, 0.3) is 0 Å². The van der Waals surface area contributed by atoms with Crippen molar-refractivity contribution in [1.29, 1.82) is 5.26 Å². The minimum Gasteiger partial charge on any atom is -0.337 e. The third-order valence-corrected chi connectivity index (χ3v) is 3.07. The third kappa shape index (κ3) is 4.38. The van der Waals surface area contributed by atoms with Crippen LogP contribution < -0.4 is 5.32 Å². The van der Waals surface area contributed by atoms with E-state index in [1.165, 1.54) is 0 Å². The van der Waals surface area contributed by atoms with Crippen LogP contribution in [0.2, 0.25) is 0 Å². The summed E-state index contributed by atoms with van der Waals surface area (Å²) in [7, 11) is 1.79. The Hall–Kier alpha value is -1.86. The van der Waals surface area contributed by atoms with E-state index in [2.05, 4.69) is 18.3 Å². The number of hydrogen-bond donors (Lipinski definition) is 1. The van der Waals surface area contributed by atoms with Crippen LogP contribution in [0.1, 0.15) is 31.4 Å². The van der Waals surface area contributed by atoms with E-state index >= 15 is 0 Å². The monoisotopic (exact) mass is 259 g/mol. The van der Waals surface area contributed by atoms with E-state index in [9.17, 15) is 4.79 Å². The van der Waals surface area contributed by atoms with Gasteiger partial charge in [-0.25, -0.2) is 0 Å². The van der Waals surface area contributed by atoms with Crippen LogP contribution in [0.5, 0.6) is 0 Å². The lowest BCUT2D eigenvalue weighted by Gasteiger charge is -2.25. The van der Waals surface area contributed by atoms with Crippen molar-refractivity contribution < 1.29 is 4.79 Å². The van der Waals surface area contributed by atoms with Crippen LogP contribution in [0.3, 0.4) is 0 Å². The molecule has 0 saturated heterocycles. The van der Waals surface area contributed by atoms with Gasteiger partial charge >= 0.3 is 0 Å². The number of nitrogens with one attached hydrogen (secondary N) is 1. The Bertz CT molecular complexity index is 447. The highest BCUT2D eigenvalue weighted by Crippen LogP contribution is 2.09. The second kappa shape index (κ2) is 7.55. The molecule has 0 fully saturated rings. The lowest BCUT2D eigenvalue weighted by Crippen LogP contribution is -2.43. The highest BCUT2D eigenvalue weighted by Gasteiger charge is 2.18. The molecular weight excluding hydrogens is 238 g/mol. The largest absolute Gasteiger partial charge is 0.337 e. The van der Waals surface area contributed by atoms with Crippen LogP contribution in [0.4, 0.5) is 0 Å². The summed E-state index contributed by atoms with van der Waals surface area (Å²) in [6, 6.07) is 9.29. The maximum atomic E-state index is 12.2. The Morgan fingerprint density at radius 1 is 1.42 bits per heavy atom. The first-order valence-electron chi connectivity index (χ1n) is 6.57. The predicted molar refractivity (Wildman–Crippen MR) is 75.4 cm³/mol. The van der Waals surface area contributed by atoms with E-state index in [-0.39, 0.29) is 11.9 Å². The number of benzene rings is 1. The minimum atomic E-state index is -0.176. The molecule has 1 N–H and O–H groups in total. The summed E-state index contributed by atoms with van der Waals surface area (Å²) in [6.45, 7) is 5.25. The maximum absolute atomic E-state index is 12.2. The summed E-state index contributed by atoms with van der Waals surface area (Å²) in [6.07, 6.45) is 0.929. The molecule has 0 saturated carbocycles. The Labute approximate surface area is 115 Å². The highest BCUT2D eigenvalue weighted by molar-refractivity contribution is 5.81. The van der Waals surface area contributed by atoms with Gasteiger partial charge in [-0.3, -0.25) is 4.79 Å². The Balaban J connectivity index is 2.77. The quantitative estimate of drug-likeness (QED) is 0.849. The first-order valence-corrected chi connectivity index (χ1v) is 6.57. The average molecular weight is 259 g/mol. The van der Waals surface area contributed by atoms with Gasteiger partial charge in [-0.2, -0.15) is 5.26 Å². The number of carbonyl (C=O) groups is 1. The zero-order valence-electron chi connectivity index (χ0n) is 11.8. The van der Waals surface area contributed by atoms with Gasteiger partial charge in [0.1, 0.15) is 0 Å². The van der Waals surface area contributed by atoms with Gasteiger partial charge in [-0.1, -0.05) is 19.1 Å². The van der Waals surface area contributed by atoms with Crippen LogP contribution in [0, 0.1) is 11.3 Å². The van der Waals surface area contributed by atoms with Crippen LogP contribution >= 0.6 is 0 Å². The molecule has 19 heavy (non-hydrogen) atoms. The fourth-order valence-electron chi connectivity index (χ4n) is 1.84. The van der Waals surface area contributed by atoms with Gasteiger partial charge < -0.3 is 10.2 Å². The minimum absolute atomic E-state index is 0.105. The van der Waals surface area contributed by atoms with Crippen molar-refractivity contribution in [1.82, 2.24) is 10.2 Å². The number of nitrogens with zero attached hydrogens (tertiary/aromatic N) is 2. The molecule has 0 aliphatic heterocycles. The van der Waals surface area contributed by atoms with E-state index in [0.717, 1.165) is 18.5 Å². The summed E-state index contributed by atoms with van der Waals surface area (Å²) in [5.41, 5.74) is 1.69. The second-order valence-electron chi connectivity index (χ2n) is 4.58. The van der Waals surface area contributed by atoms with Crippen molar-refractivity contribution in [3.05, 3.63) is 35.4 Å². The molecule has 1 atom stereocenters. The van der Waals surface area contributed by atoms with Gasteiger partial charge in [-0.15, -0.1) is 0 Å². The lowest BCUT2D eigenvalue weighted by atomic mass is 10.1. The number of hydrogen-bond acceptors (Lipinski definition) is 3. The highest BCUT2D eigenvalue weighted by atomic mass is 16.2. The van der Waals surface area contributed by atoms with Crippen LogP contribution in [-0.4, -0.2) is 30.4 Å². The summed E-state index contributed by atoms with van der Waals surface area (Å²) < 4.78 is 0. The summed E-state index contributed by atoms with van der Waals surface area (Å²) in [5.74, 6) is 0.105. The van der Waals surface area contributed by atoms with Gasteiger partial charge in [0, 0.05) is 13.1 Å². The number of carbonyl (C=O) groups excluding carboxylic acids is 1. The van der Waals surface area contributed by atoms with Crippen molar-refractivity contribution in [2.24, 2.45) is 0 Å². The molecule has 0 radical (unpaired) electrons. The van der Waals surface area contributed by atoms with Gasteiger partial charge in [0.25, 0.3) is 0 Å². The van der Waals surface area contributed by atoms with Gasteiger partial charge in [0.15, 0.2) is 0 Å². The van der Waals surface area contributed by atoms with E-state index in [0.29, 0.717) is 12.1 Å². The fraction of sp³-hybridized carbons (Fsp3) is 0.467. The molecule has 0 aliphatic rings. The van der Waals surface area contributed by atoms with Gasteiger partial charge in [-0.05, 0) is 38.1 Å². The first kappa shape index (κ1) is 15.2. The Morgan fingerprint density at radius 2 is 2.05 bits per heavy atom. The van der Waals surface area contributed by atoms with E-state index in [4.69, 9.17) is 5.26 Å². The molecule has 0 spiro atoms. The molecule has 0 bridgehead atoms. The molecule has 1 amide bonds. The number of rotatable bonds is 6. The van der Waals surface area contributed by atoms with Crippen LogP contribution in [-0.2, 0) is 11.3 Å². The van der Waals surface area contributed by atoms with Crippen LogP contribution in [0.15, 0.2) is 24.3 Å².